The number of nitrogens with zero attached hydrogens (tertiary/aromatic N) is 1. The third-order valence-electron chi connectivity index (χ3n) is 3.21. The molecule has 0 bridgehead atoms. The summed E-state index contributed by atoms with van der Waals surface area (Å²) in [6, 6.07) is 10.4. The summed E-state index contributed by atoms with van der Waals surface area (Å²) in [5.41, 5.74) is 3.48. The van der Waals surface area contributed by atoms with Crippen LogP contribution in [0.25, 0.3) is 11.3 Å². The molecule has 0 aliphatic heterocycles. The van der Waals surface area contributed by atoms with Crippen molar-refractivity contribution >= 4 is 17.0 Å². The van der Waals surface area contributed by atoms with E-state index in [2.05, 4.69) is 42.3 Å². The van der Waals surface area contributed by atoms with Crippen molar-refractivity contribution in [1.82, 2.24) is 4.98 Å². The topological polar surface area (TPSA) is 38.1 Å². The van der Waals surface area contributed by atoms with E-state index in [-0.39, 0.29) is 0 Å². The molecule has 0 aliphatic rings. The van der Waals surface area contributed by atoms with E-state index >= 15 is 0 Å². The number of aryl methyl sites for hydroxylation is 2. The Hall–Kier alpha value is -2.07. The van der Waals surface area contributed by atoms with Gasteiger partial charge in [0.05, 0.1) is 6.20 Å². The lowest BCUT2D eigenvalue weighted by molar-refractivity contribution is 0.572. The van der Waals surface area contributed by atoms with Gasteiger partial charge in [0.1, 0.15) is 0 Å². The third kappa shape index (κ3) is 2.75. The summed E-state index contributed by atoms with van der Waals surface area (Å²) in [7, 11) is 0. The molecule has 0 atom stereocenters. The molecule has 102 valence electrons. The van der Waals surface area contributed by atoms with Crippen LogP contribution in [0.15, 0.2) is 47.3 Å². The number of hydrogen-bond acceptors (Lipinski definition) is 4. The molecule has 20 heavy (non-hydrogen) atoms. The number of aromatic nitrogens is 1. The van der Waals surface area contributed by atoms with Gasteiger partial charge in [-0.2, -0.15) is 0 Å². The molecule has 0 unspecified atom stereocenters. The molecule has 0 saturated heterocycles. The Morgan fingerprint density at radius 2 is 2.15 bits per heavy atom. The van der Waals surface area contributed by atoms with E-state index in [1.807, 2.05) is 23.5 Å². The van der Waals surface area contributed by atoms with Gasteiger partial charge in [-0.3, -0.25) is 0 Å². The van der Waals surface area contributed by atoms with Crippen LogP contribution in [0.5, 0.6) is 0 Å². The molecule has 0 aliphatic carbocycles. The summed E-state index contributed by atoms with van der Waals surface area (Å²) < 4.78 is 5.32. The predicted octanol–water partition coefficient (Wildman–Crippen LogP) is 4.63. The summed E-state index contributed by atoms with van der Waals surface area (Å²) in [5.74, 6) is 0.788. The zero-order valence-electron chi connectivity index (χ0n) is 11.5. The minimum Gasteiger partial charge on any atom is -0.444 e. The van der Waals surface area contributed by atoms with Gasteiger partial charge in [-0.25, -0.2) is 4.98 Å². The van der Waals surface area contributed by atoms with Gasteiger partial charge in [-0.1, -0.05) is 12.1 Å². The molecule has 2 heterocycles. The Morgan fingerprint density at radius 3 is 2.85 bits per heavy atom. The van der Waals surface area contributed by atoms with Crippen LogP contribution < -0.4 is 5.32 Å². The highest BCUT2D eigenvalue weighted by Gasteiger charge is 2.04. The van der Waals surface area contributed by atoms with Crippen molar-refractivity contribution in [2.75, 3.05) is 5.32 Å². The second-order valence-electron chi connectivity index (χ2n) is 4.74. The number of thiophene rings is 1. The van der Waals surface area contributed by atoms with Gasteiger partial charge < -0.3 is 9.73 Å². The van der Waals surface area contributed by atoms with Crippen molar-refractivity contribution in [1.29, 1.82) is 0 Å². The van der Waals surface area contributed by atoms with Gasteiger partial charge in [0.25, 0.3) is 0 Å². The molecule has 3 rings (SSSR count). The Balaban J connectivity index is 1.75. The molecule has 0 saturated carbocycles. The van der Waals surface area contributed by atoms with E-state index in [1.165, 1.54) is 21.7 Å². The molecule has 2 aromatic heterocycles. The first-order valence-electron chi connectivity index (χ1n) is 6.51. The smallest absolute Gasteiger partial charge is 0.181 e. The first-order valence-corrected chi connectivity index (χ1v) is 7.33. The molecule has 0 radical (unpaired) electrons. The van der Waals surface area contributed by atoms with Crippen molar-refractivity contribution in [2.45, 2.75) is 20.4 Å². The molecule has 0 amide bonds. The van der Waals surface area contributed by atoms with E-state index in [1.54, 1.807) is 6.20 Å². The SMILES string of the molecule is Cc1cc(CNc2cccc(-c3cnco3)c2)c(C)s1. The lowest BCUT2D eigenvalue weighted by Gasteiger charge is -2.07. The first kappa shape index (κ1) is 12.9. The summed E-state index contributed by atoms with van der Waals surface area (Å²) in [6.45, 7) is 5.15. The second kappa shape index (κ2) is 5.51. The number of anilines is 1. The lowest BCUT2D eigenvalue weighted by Crippen LogP contribution is -1.99. The standard InChI is InChI=1S/C16H16N2OS/c1-11-6-14(12(2)20-11)8-18-15-5-3-4-13(7-15)16-9-17-10-19-16/h3-7,9-10,18H,8H2,1-2H3. The molecule has 3 aromatic rings. The molecule has 1 aromatic carbocycles. The van der Waals surface area contributed by atoms with Crippen LogP contribution in [0.4, 0.5) is 5.69 Å². The Bertz CT molecular complexity index is 701. The average molecular weight is 284 g/mol. The second-order valence-corrected chi connectivity index (χ2v) is 6.20. The molecule has 0 spiro atoms. The monoisotopic (exact) mass is 284 g/mol. The molecule has 3 nitrogen and oxygen atoms in total. The molecule has 4 heteroatoms. The fourth-order valence-electron chi connectivity index (χ4n) is 2.20. The van der Waals surface area contributed by atoms with Crippen LogP contribution in [-0.4, -0.2) is 4.98 Å². The van der Waals surface area contributed by atoms with E-state index in [4.69, 9.17) is 4.42 Å². The van der Waals surface area contributed by atoms with Crippen LogP contribution in [0.2, 0.25) is 0 Å². The molecule has 0 fully saturated rings. The van der Waals surface area contributed by atoms with Crippen molar-refractivity contribution in [3.8, 4) is 11.3 Å². The number of hydrogen-bond donors (Lipinski definition) is 1. The zero-order chi connectivity index (χ0) is 13.9. The summed E-state index contributed by atoms with van der Waals surface area (Å²) >= 11 is 1.84. The highest BCUT2D eigenvalue weighted by Crippen LogP contribution is 2.24. The Kier molecular flexibility index (Phi) is 3.56. The fraction of sp³-hybridized carbons (Fsp3) is 0.188. The minimum absolute atomic E-state index is 0.788. The molecular formula is C16H16N2OS. The zero-order valence-corrected chi connectivity index (χ0v) is 12.3. The van der Waals surface area contributed by atoms with Crippen molar-refractivity contribution in [2.24, 2.45) is 0 Å². The number of benzene rings is 1. The van der Waals surface area contributed by atoms with Gasteiger partial charge >= 0.3 is 0 Å². The largest absolute Gasteiger partial charge is 0.444 e. The van der Waals surface area contributed by atoms with E-state index < -0.39 is 0 Å². The highest BCUT2D eigenvalue weighted by atomic mass is 32.1. The molecular weight excluding hydrogens is 268 g/mol. The predicted molar refractivity (Wildman–Crippen MR) is 83.1 cm³/mol. The average Bonchev–Trinajstić information content (AvgIpc) is 3.07. The summed E-state index contributed by atoms with van der Waals surface area (Å²) in [6.07, 6.45) is 3.18. The highest BCUT2D eigenvalue weighted by molar-refractivity contribution is 7.12. The van der Waals surface area contributed by atoms with Crippen LogP contribution in [0.3, 0.4) is 0 Å². The van der Waals surface area contributed by atoms with Crippen molar-refractivity contribution in [3.63, 3.8) is 0 Å². The molecule has 1 N–H and O–H groups in total. The van der Waals surface area contributed by atoms with Crippen molar-refractivity contribution in [3.05, 3.63) is 58.2 Å². The maximum atomic E-state index is 5.32. The van der Waals surface area contributed by atoms with E-state index in [9.17, 15) is 0 Å². The normalized spacial score (nSPS) is 10.7. The van der Waals surface area contributed by atoms with Gasteiger partial charge in [-0.05, 0) is 37.6 Å². The fourth-order valence-corrected chi connectivity index (χ4v) is 3.14. The summed E-state index contributed by atoms with van der Waals surface area (Å²) in [5, 5.41) is 3.46. The number of rotatable bonds is 4. The number of oxazole rings is 1. The number of nitrogens with one attached hydrogen (secondary N) is 1. The maximum Gasteiger partial charge on any atom is 0.181 e. The van der Waals surface area contributed by atoms with Gasteiger partial charge in [-0.15, -0.1) is 11.3 Å². The van der Waals surface area contributed by atoms with Crippen LogP contribution in [0, 0.1) is 13.8 Å². The third-order valence-corrected chi connectivity index (χ3v) is 4.21. The Labute approximate surface area is 122 Å². The van der Waals surface area contributed by atoms with Crippen molar-refractivity contribution < 1.29 is 4.42 Å². The quantitative estimate of drug-likeness (QED) is 0.759. The van der Waals surface area contributed by atoms with E-state index in [0.29, 0.717) is 0 Å². The van der Waals surface area contributed by atoms with Gasteiger partial charge in [0, 0.05) is 27.5 Å². The van der Waals surface area contributed by atoms with Gasteiger partial charge in [0.2, 0.25) is 0 Å². The Morgan fingerprint density at radius 1 is 1.25 bits per heavy atom. The van der Waals surface area contributed by atoms with Crippen LogP contribution >= 0.6 is 11.3 Å². The lowest BCUT2D eigenvalue weighted by atomic mass is 10.1. The van der Waals surface area contributed by atoms with Crippen LogP contribution in [0.1, 0.15) is 15.3 Å². The van der Waals surface area contributed by atoms with Gasteiger partial charge in [0.15, 0.2) is 12.2 Å². The van der Waals surface area contributed by atoms with E-state index in [0.717, 1.165) is 23.6 Å². The maximum absolute atomic E-state index is 5.32. The van der Waals surface area contributed by atoms with Crippen LogP contribution in [-0.2, 0) is 6.54 Å². The summed E-state index contributed by atoms with van der Waals surface area (Å²) in [4.78, 5) is 6.68. The minimum atomic E-state index is 0.788. The first-order chi connectivity index (χ1) is 9.72.